The summed E-state index contributed by atoms with van der Waals surface area (Å²) in [7, 11) is 0. The second-order valence-corrected chi connectivity index (χ2v) is 8.20. The lowest BCUT2D eigenvalue weighted by atomic mass is 10.0. The van der Waals surface area contributed by atoms with Crippen molar-refractivity contribution >= 4 is 23.4 Å². The Bertz CT molecular complexity index is 867. The van der Waals surface area contributed by atoms with Crippen LogP contribution in [0.3, 0.4) is 0 Å². The van der Waals surface area contributed by atoms with E-state index in [-0.39, 0.29) is 23.8 Å². The number of nitrogens with zero attached hydrogens (tertiary/aromatic N) is 1. The summed E-state index contributed by atoms with van der Waals surface area (Å²) >= 11 is 5.97. The van der Waals surface area contributed by atoms with Gasteiger partial charge in [0.25, 0.3) is 5.91 Å². The molecule has 2 atom stereocenters. The monoisotopic (exact) mass is 414 g/mol. The molecule has 1 N–H and O–H groups in total. The highest BCUT2D eigenvalue weighted by molar-refractivity contribution is 6.30. The smallest absolute Gasteiger partial charge is 0.251 e. The molecule has 154 valence electrons. The number of morpholine rings is 1. The Morgan fingerprint density at radius 1 is 1.17 bits per heavy atom. The molecule has 0 aromatic heterocycles. The fraction of sp³-hybridized carbons (Fsp3) is 0.391. The summed E-state index contributed by atoms with van der Waals surface area (Å²) in [6, 6.07) is 14.2. The van der Waals surface area contributed by atoms with Gasteiger partial charge in [0.15, 0.2) is 0 Å². The minimum atomic E-state index is -0.591. The van der Waals surface area contributed by atoms with Gasteiger partial charge in [0.05, 0.1) is 13.2 Å². The number of nitrogens with one attached hydrogen (secondary N) is 1. The number of amides is 2. The Labute approximate surface area is 177 Å². The van der Waals surface area contributed by atoms with Gasteiger partial charge in [-0.2, -0.15) is 0 Å². The first-order valence-electron chi connectivity index (χ1n) is 9.88. The lowest BCUT2D eigenvalue weighted by Crippen LogP contribution is -2.54. The van der Waals surface area contributed by atoms with Crippen molar-refractivity contribution in [3.63, 3.8) is 0 Å². The first kappa shape index (κ1) is 21.3. The van der Waals surface area contributed by atoms with Crippen LogP contribution >= 0.6 is 11.6 Å². The van der Waals surface area contributed by atoms with Crippen LogP contribution in [0.25, 0.3) is 0 Å². The molecule has 29 heavy (non-hydrogen) atoms. The minimum Gasteiger partial charge on any atom is -0.370 e. The summed E-state index contributed by atoms with van der Waals surface area (Å²) in [6.45, 7) is 7.23. The molecule has 1 aliphatic rings. The number of hydrogen-bond acceptors (Lipinski definition) is 3. The lowest BCUT2D eigenvalue weighted by Gasteiger charge is -2.36. The van der Waals surface area contributed by atoms with E-state index in [1.807, 2.05) is 63.2 Å². The van der Waals surface area contributed by atoms with Crippen molar-refractivity contribution in [2.24, 2.45) is 5.92 Å². The molecule has 2 aromatic carbocycles. The Morgan fingerprint density at radius 3 is 2.55 bits per heavy atom. The zero-order valence-corrected chi connectivity index (χ0v) is 17.8. The normalized spacial score (nSPS) is 17.8. The highest BCUT2D eigenvalue weighted by Gasteiger charge is 2.32. The number of halogens is 1. The second kappa shape index (κ2) is 9.42. The fourth-order valence-electron chi connectivity index (χ4n) is 3.45. The van der Waals surface area contributed by atoms with E-state index in [4.69, 9.17) is 16.3 Å². The van der Waals surface area contributed by atoms with Crippen molar-refractivity contribution in [3.8, 4) is 0 Å². The largest absolute Gasteiger partial charge is 0.370 e. The van der Waals surface area contributed by atoms with Crippen molar-refractivity contribution < 1.29 is 14.3 Å². The molecule has 1 aliphatic heterocycles. The van der Waals surface area contributed by atoms with Crippen LogP contribution in [-0.4, -0.2) is 42.5 Å². The van der Waals surface area contributed by atoms with Gasteiger partial charge >= 0.3 is 0 Å². The third kappa shape index (κ3) is 5.37. The van der Waals surface area contributed by atoms with E-state index in [1.165, 1.54) is 0 Å². The Kier molecular flexibility index (Phi) is 6.93. The van der Waals surface area contributed by atoms with Crippen LogP contribution < -0.4 is 5.32 Å². The molecule has 2 aromatic rings. The van der Waals surface area contributed by atoms with Crippen molar-refractivity contribution in [2.45, 2.75) is 32.9 Å². The number of carbonyl (C=O) groups excluding carboxylic acids is 2. The zero-order chi connectivity index (χ0) is 21.0. The molecule has 6 heteroatoms. The molecule has 1 saturated heterocycles. The highest BCUT2D eigenvalue weighted by Crippen LogP contribution is 2.24. The maximum Gasteiger partial charge on any atom is 0.251 e. The van der Waals surface area contributed by atoms with Gasteiger partial charge < -0.3 is 15.0 Å². The molecule has 2 amide bonds. The highest BCUT2D eigenvalue weighted by atomic mass is 35.5. The van der Waals surface area contributed by atoms with E-state index < -0.39 is 6.04 Å². The number of carbonyl (C=O) groups is 2. The van der Waals surface area contributed by atoms with Crippen LogP contribution in [0, 0.1) is 12.8 Å². The Morgan fingerprint density at radius 2 is 1.90 bits per heavy atom. The standard InChI is InChI=1S/C23H27ClN2O3/c1-15(2)21(25-22(27)18-6-4-5-16(3)13-18)23(28)26-11-12-29-20(14-26)17-7-9-19(24)10-8-17/h4-10,13,15,20-21H,11-12,14H2,1-3H3,(H,25,27). The quantitative estimate of drug-likeness (QED) is 0.804. The maximum absolute atomic E-state index is 13.2. The molecule has 1 heterocycles. The summed E-state index contributed by atoms with van der Waals surface area (Å²) in [5, 5.41) is 3.59. The number of aryl methyl sites for hydroxylation is 1. The SMILES string of the molecule is Cc1cccc(C(=O)NC(C(=O)N2CCOC(c3ccc(Cl)cc3)C2)C(C)C)c1. The average molecular weight is 415 g/mol. The molecular weight excluding hydrogens is 388 g/mol. The predicted octanol–water partition coefficient (Wildman–Crippen LogP) is 4.00. The van der Waals surface area contributed by atoms with E-state index in [9.17, 15) is 9.59 Å². The molecule has 3 rings (SSSR count). The summed E-state index contributed by atoms with van der Waals surface area (Å²) in [4.78, 5) is 27.7. The van der Waals surface area contributed by atoms with E-state index in [1.54, 1.807) is 11.0 Å². The number of ether oxygens (including phenoxy) is 1. The van der Waals surface area contributed by atoms with Crippen LogP contribution in [0.5, 0.6) is 0 Å². The number of benzene rings is 2. The molecule has 0 aliphatic carbocycles. The van der Waals surface area contributed by atoms with Gasteiger partial charge in [-0.3, -0.25) is 9.59 Å². The molecule has 0 bridgehead atoms. The summed E-state index contributed by atoms with van der Waals surface area (Å²) in [6.07, 6.45) is -0.203. The van der Waals surface area contributed by atoms with E-state index in [2.05, 4.69) is 5.32 Å². The molecule has 0 spiro atoms. The molecule has 5 nitrogen and oxygen atoms in total. The molecule has 0 saturated carbocycles. The van der Waals surface area contributed by atoms with Crippen LogP contribution in [0.4, 0.5) is 0 Å². The Balaban J connectivity index is 1.71. The third-order valence-electron chi connectivity index (χ3n) is 5.12. The van der Waals surface area contributed by atoms with Gasteiger partial charge in [-0.25, -0.2) is 0 Å². The Hall–Kier alpha value is -2.37. The zero-order valence-electron chi connectivity index (χ0n) is 17.0. The first-order chi connectivity index (χ1) is 13.8. The van der Waals surface area contributed by atoms with Gasteiger partial charge in [0.1, 0.15) is 12.1 Å². The molecule has 2 unspecified atom stereocenters. The van der Waals surface area contributed by atoms with Crippen LogP contribution in [0.1, 0.15) is 41.4 Å². The van der Waals surface area contributed by atoms with Gasteiger partial charge in [0, 0.05) is 17.1 Å². The van der Waals surface area contributed by atoms with Crippen LogP contribution in [-0.2, 0) is 9.53 Å². The summed E-state index contributed by atoms with van der Waals surface area (Å²) < 4.78 is 5.86. The van der Waals surface area contributed by atoms with Crippen molar-refractivity contribution in [3.05, 3.63) is 70.2 Å². The van der Waals surface area contributed by atoms with Gasteiger partial charge in [-0.1, -0.05) is 55.3 Å². The van der Waals surface area contributed by atoms with E-state index in [0.717, 1.165) is 11.1 Å². The van der Waals surface area contributed by atoms with Gasteiger partial charge in [-0.15, -0.1) is 0 Å². The number of rotatable bonds is 5. The number of hydrogen-bond donors (Lipinski definition) is 1. The van der Waals surface area contributed by atoms with E-state index in [0.29, 0.717) is 30.3 Å². The van der Waals surface area contributed by atoms with E-state index >= 15 is 0 Å². The first-order valence-corrected chi connectivity index (χ1v) is 10.3. The van der Waals surface area contributed by atoms with Crippen LogP contribution in [0.15, 0.2) is 48.5 Å². The molecule has 1 fully saturated rings. The lowest BCUT2D eigenvalue weighted by molar-refractivity contribution is -0.142. The second-order valence-electron chi connectivity index (χ2n) is 7.76. The average Bonchev–Trinajstić information content (AvgIpc) is 2.71. The van der Waals surface area contributed by atoms with Crippen LogP contribution in [0.2, 0.25) is 5.02 Å². The van der Waals surface area contributed by atoms with Gasteiger partial charge in [0.2, 0.25) is 5.91 Å². The van der Waals surface area contributed by atoms with Crippen molar-refractivity contribution in [1.82, 2.24) is 10.2 Å². The predicted molar refractivity (Wildman–Crippen MR) is 114 cm³/mol. The third-order valence-corrected chi connectivity index (χ3v) is 5.37. The topological polar surface area (TPSA) is 58.6 Å². The maximum atomic E-state index is 13.2. The fourth-order valence-corrected chi connectivity index (χ4v) is 3.58. The molecular formula is C23H27ClN2O3. The minimum absolute atomic E-state index is 0.0342. The summed E-state index contributed by atoms with van der Waals surface area (Å²) in [5.41, 5.74) is 2.55. The van der Waals surface area contributed by atoms with Crippen molar-refractivity contribution in [2.75, 3.05) is 19.7 Å². The summed E-state index contributed by atoms with van der Waals surface area (Å²) in [5.74, 6) is -0.348. The molecule has 0 radical (unpaired) electrons. The van der Waals surface area contributed by atoms with Crippen molar-refractivity contribution in [1.29, 1.82) is 0 Å². The van der Waals surface area contributed by atoms with Gasteiger partial charge in [-0.05, 0) is 42.7 Å².